The molecule has 3 aromatic rings. The number of aryl methyl sites for hydroxylation is 4. The third-order valence-electron chi connectivity index (χ3n) is 3.41. The van der Waals surface area contributed by atoms with E-state index < -0.39 is 0 Å². The van der Waals surface area contributed by atoms with Crippen molar-refractivity contribution in [1.82, 2.24) is 0 Å². The smallest absolute Gasteiger partial charge is 0.216 e. The van der Waals surface area contributed by atoms with Crippen molar-refractivity contribution < 1.29 is 4.42 Å². The van der Waals surface area contributed by atoms with E-state index in [9.17, 15) is 0 Å². The predicted molar refractivity (Wildman–Crippen MR) is 82.1 cm³/mol. The summed E-state index contributed by atoms with van der Waals surface area (Å²) in [4.78, 5) is 2.87. The quantitative estimate of drug-likeness (QED) is 0.544. The van der Waals surface area contributed by atoms with Crippen molar-refractivity contribution in [2.75, 3.05) is 0 Å². The number of thiophene rings is 2. The average molecular weight is 277 g/mol. The highest BCUT2D eigenvalue weighted by Gasteiger charge is 2.22. The minimum atomic E-state index is 0.961. The largest absolute Gasteiger partial charge is 0.346 e. The summed E-state index contributed by atoms with van der Waals surface area (Å²) in [5, 5.41) is 2.86. The Morgan fingerprint density at radius 3 is 2.44 bits per heavy atom. The molecule has 0 saturated heterocycles. The Balaban J connectivity index is 2.51. The minimum Gasteiger partial charge on any atom is -0.216 e. The summed E-state index contributed by atoms with van der Waals surface area (Å²) < 4.78 is 8.78. The molecule has 0 aliphatic rings. The van der Waals surface area contributed by atoms with Crippen LogP contribution in [0.5, 0.6) is 0 Å². The molecule has 94 valence electrons. The molecule has 0 amide bonds. The highest BCUT2D eigenvalue weighted by Crippen LogP contribution is 2.43. The molecule has 3 heteroatoms. The van der Waals surface area contributed by atoms with Crippen LogP contribution >= 0.6 is 22.7 Å². The zero-order chi connectivity index (χ0) is 12.9. The normalized spacial score (nSPS) is 11.8. The van der Waals surface area contributed by atoms with Gasteiger partial charge in [-0.15, -0.1) is 22.7 Å². The van der Waals surface area contributed by atoms with Gasteiger partial charge in [0.15, 0.2) is 0 Å². The summed E-state index contributed by atoms with van der Waals surface area (Å²) in [6.07, 6.45) is 1.93. The molecule has 0 radical (unpaired) electrons. The lowest BCUT2D eigenvalue weighted by atomic mass is 10.1. The summed E-state index contributed by atoms with van der Waals surface area (Å²) >= 11 is 3.81. The molecule has 18 heavy (non-hydrogen) atoms. The van der Waals surface area contributed by atoms with Crippen LogP contribution in [-0.2, 0) is 12.8 Å². The van der Waals surface area contributed by atoms with Gasteiger partial charge in [-0.05, 0) is 13.8 Å². The molecule has 0 aromatic carbocycles. The average Bonchev–Trinajstić information content (AvgIpc) is 2.87. The fraction of sp³-hybridized carbons (Fsp3) is 0.400. The van der Waals surface area contributed by atoms with Crippen LogP contribution in [0.1, 0.15) is 35.1 Å². The molecule has 1 nitrogen and oxygen atoms in total. The van der Waals surface area contributed by atoms with E-state index in [1.54, 1.807) is 0 Å². The first-order valence-electron chi connectivity index (χ1n) is 6.42. The van der Waals surface area contributed by atoms with Crippen LogP contribution in [0.3, 0.4) is 0 Å². The Kier molecular flexibility index (Phi) is 2.91. The lowest BCUT2D eigenvalue weighted by molar-refractivity contribution is 0.465. The van der Waals surface area contributed by atoms with E-state index in [0.29, 0.717) is 0 Å². The highest BCUT2D eigenvalue weighted by atomic mass is 32.1. The Morgan fingerprint density at radius 2 is 1.78 bits per heavy atom. The van der Waals surface area contributed by atoms with Crippen LogP contribution in [0.4, 0.5) is 0 Å². The van der Waals surface area contributed by atoms with Crippen LogP contribution < -0.4 is 0 Å². The van der Waals surface area contributed by atoms with E-state index in [0.717, 1.165) is 24.4 Å². The fourth-order valence-corrected chi connectivity index (χ4v) is 5.08. The lowest BCUT2D eigenvalue weighted by Crippen LogP contribution is -1.86. The van der Waals surface area contributed by atoms with Crippen molar-refractivity contribution in [3.05, 3.63) is 27.3 Å². The Hall–Kier alpha value is -0.930. The van der Waals surface area contributed by atoms with Gasteiger partial charge in [-0.2, -0.15) is 0 Å². The SMILES string of the molecule is CCc1cc2c(sc3c(C)sc(C)c32)c(CC)[o+]1. The van der Waals surface area contributed by atoms with Crippen molar-refractivity contribution >= 4 is 42.8 Å². The monoisotopic (exact) mass is 277 g/mol. The molecule has 0 bridgehead atoms. The van der Waals surface area contributed by atoms with E-state index in [4.69, 9.17) is 4.42 Å². The van der Waals surface area contributed by atoms with Gasteiger partial charge in [0.05, 0.1) is 12.8 Å². The third-order valence-corrected chi connectivity index (χ3v) is 5.92. The summed E-state index contributed by atoms with van der Waals surface area (Å²) in [5.74, 6) is 2.25. The van der Waals surface area contributed by atoms with Gasteiger partial charge in [0.1, 0.15) is 4.70 Å². The highest BCUT2D eigenvalue weighted by molar-refractivity contribution is 7.29. The molecule has 0 atom stereocenters. The molecule has 0 fully saturated rings. The zero-order valence-corrected chi connectivity index (χ0v) is 12.8. The van der Waals surface area contributed by atoms with Gasteiger partial charge in [-0.3, -0.25) is 0 Å². The van der Waals surface area contributed by atoms with E-state index >= 15 is 0 Å². The molecule has 3 aromatic heterocycles. The Labute approximate surface area is 115 Å². The van der Waals surface area contributed by atoms with Gasteiger partial charge in [0.2, 0.25) is 0 Å². The molecule has 0 saturated carbocycles. The number of fused-ring (bicyclic) bond motifs is 3. The molecular formula is C15H17OS2+. The van der Waals surface area contributed by atoms with Crippen LogP contribution in [0.15, 0.2) is 10.5 Å². The first kappa shape index (κ1) is 12.1. The van der Waals surface area contributed by atoms with Gasteiger partial charge < -0.3 is 0 Å². The van der Waals surface area contributed by atoms with Crippen LogP contribution in [0.2, 0.25) is 0 Å². The number of hydrogen-bond donors (Lipinski definition) is 0. The Morgan fingerprint density at radius 1 is 1.00 bits per heavy atom. The van der Waals surface area contributed by atoms with Crippen molar-refractivity contribution in [2.24, 2.45) is 0 Å². The standard InChI is InChI=1S/C15H17OS2/c1-5-10-7-11-13-8(3)17-9(4)14(13)18-15(11)12(6-2)16-10/h7H,5-6H2,1-4H3/q+1. The summed E-state index contributed by atoms with van der Waals surface area (Å²) in [7, 11) is 0. The zero-order valence-electron chi connectivity index (χ0n) is 11.2. The fourth-order valence-electron chi connectivity index (χ4n) is 2.52. The predicted octanol–water partition coefficient (Wildman–Crippen LogP) is 5.73. The van der Waals surface area contributed by atoms with Gasteiger partial charge in [0.25, 0.3) is 0 Å². The lowest BCUT2D eigenvalue weighted by Gasteiger charge is -1.92. The maximum absolute atomic E-state index is 5.98. The number of rotatable bonds is 2. The molecular weight excluding hydrogens is 260 g/mol. The first-order valence-corrected chi connectivity index (χ1v) is 8.06. The second-order valence-electron chi connectivity index (χ2n) is 4.61. The molecule has 0 aliphatic carbocycles. The van der Waals surface area contributed by atoms with Crippen LogP contribution in [0, 0.1) is 13.8 Å². The van der Waals surface area contributed by atoms with Crippen molar-refractivity contribution in [3.8, 4) is 0 Å². The maximum Gasteiger partial charge on any atom is 0.346 e. The van der Waals surface area contributed by atoms with E-state index in [2.05, 4.69) is 33.8 Å². The van der Waals surface area contributed by atoms with E-state index in [1.165, 1.54) is 29.9 Å². The van der Waals surface area contributed by atoms with Crippen molar-refractivity contribution in [1.29, 1.82) is 0 Å². The van der Waals surface area contributed by atoms with E-state index in [-0.39, 0.29) is 0 Å². The molecule has 0 aliphatic heterocycles. The summed E-state index contributed by atoms with van der Waals surface area (Å²) in [5.41, 5.74) is 0. The maximum atomic E-state index is 5.98. The summed E-state index contributed by atoms with van der Waals surface area (Å²) in [6, 6.07) is 2.24. The van der Waals surface area contributed by atoms with Crippen LogP contribution in [0.25, 0.3) is 20.2 Å². The van der Waals surface area contributed by atoms with Gasteiger partial charge >= 0.3 is 11.5 Å². The van der Waals surface area contributed by atoms with Crippen molar-refractivity contribution in [3.63, 3.8) is 0 Å². The third kappa shape index (κ3) is 1.61. The van der Waals surface area contributed by atoms with Gasteiger partial charge in [-0.25, -0.2) is 4.42 Å². The first-order chi connectivity index (χ1) is 8.65. The molecule has 0 spiro atoms. The second kappa shape index (κ2) is 4.32. The van der Waals surface area contributed by atoms with Gasteiger partial charge in [0, 0.05) is 31.3 Å². The van der Waals surface area contributed by atoms with E-state index in [1.807, 2.05) is 22.7 Å². The topological polar surface area (TPSA) is 11.3 Å². The second-order valence-corrected chi connectivity index (χ2v) is 7.06. The van der Waals surface area contributed by atoms with Crippen molar-refractivity contribution in [2.45, 2.75) is 40.5 Å². The molecule has 0 unspecified atom stereocenters. The minimum absolute atomic E-state index is 0.961. The molecule has 0 N–H and O–H groups in total. The Bertz CT molecular complexity index is 734. The summed E-state index contributed by atoms with van der Waals surface area (Å²) in [6.45, 7) is 8.77. The molecule has 3 heterocycles. The van der Waals surface area contributed by atoms with Crippen LogP contribution in [-0.4, -0.2) is 0 Å². The molecule has 3 rings (SSSR count). The number of hydrogen-bond acceptors (Lipinski definition) is 2. The van der Waals surface area contributed by atoms with Gasteiger partial charge in [-0.1, -0.05) is 13.8 Å².